The molecule has 0 radical (unpaired) electrons. The summed E-state index contributed by atoms with van der Waals surface area (Å²) in [5.74, 6) is 3.11. The molecule has 0 spiro atoms. The molecule has 0 amide bonds. The van der Waals surface area contributed by atoms with E-state index in [2.05, 4.69) is 54.3 Å². The van der Waals surface area contributed by atoms with Gasteiger partial charge in [-0.3, -0.25) is 0 Å². The Morgan fingerprint density at radius 3 is 2.68 bits per heavy atom. The fourth-order valence-corrected chi connectivity index (χ4v) is 2.93. The first kappa shape index (κ1) is 16.1. The van der Waals surface area contributed by atoms with Gasteiger partial charge in [-0.2, -0.15) is 11.8 Å². The molecule has 5 heteroatoms. The number of rotatable bonds is 8. The lowest BCUT2D eigenvalue weighted by Crippen LogP contribution is -2.34. The van der Waals surface area contributed by atoms with Crippen molar-refractivity contribution in [1.82, 2.24) is 9.97 Å². The Bertz CT molecular complexity index is 384. The van der Waals surface area contributed by atoms with Crippen LogP contribution in [0.1, 0.15) is 32.3 Å². The highest BCUT2D eigenvalue weighted by Gasteiger charge is 2.17. The lowest BCUT2D eigenvalue weighted by Gasteiger charge is -2.29. The van der Waals surface area contributed by atoms with Crippen molar-refractivity contribution < 1.29 is 0 Å². The maximum atomic E-state index is 4.46. The predicted octanol–water partition coefficient (Wildman–Crippen LogP) is 3.18. The van der Waals surface area contributed by atoms with Crippen LogP contribution in [0.2, 0.25) is 0 Å². The first-order valence-corrected chi connectivity index (χ1v) is 8.32. The summed E-state index contributed by atoms with van der Waals surface area (Å²) >= 11 is 1.88. The van der Waals surface area contributed by atoms with Gasteiger partial charge in [0.15, 0.2) is 0 Å². The van der Waals surface area contributed by atoms with E-state index in [4.69, 9.17) is 0 Å². The molecule has 1 N–H and O–H groups in total. The summed E-state index contributed by atoms with van der Waals surface area (Å²) in [6, 6.07) is 0.516. The van der Waals surface area contributed by atoms with Crippen LogP contribution in [0.5, 0.6) is 0 Å². The molecule has 0 aromatic carbocycles. The number of nitrogens with one attached hydrogen (secondary N) is 1. The normalized spacial score (nSPS) is 12.3. The standard InChI is InChI=1S/C14H26N4S/c1-6-8-15-13-11(3)14(17-10-16-13)18(4)12(7-2)9-19-5/h10,12H,6-9H2,1-5H3,(H,15,16,17). The summed E-state index contributed by atoms with van der Waals surface area (Å²) in [6.07, 6.45) is 6.03. The Labute approximate surface area is 121 Å². The van der Waals surface area contributed by atoms with Crippen molar-refractivity contribution in [3.05, 3.63) is 11.9 Å². The lowest BCUT2D eigenvalue weighted by atomic mass is 10.2. The van der Waals surface area contributed by atoms with Crippen LogP contribution in [0.15, 0.2) is 6.33 Å². The third-order valence-corrected chi connectivity index (χ3v) is 4.03. The number of aromatic nitrogens is 2. The molecule has 0 aliphatic carbocycles. The molecule has 1 heterocycles. The molecular weight excluding hydrogens is 256 g/mol. The fourth-order valence-electron chi connectivity index (χ4n) is 2.09. The molecule has 1 atom stereocenters. The van der Waals surface area contributed by atoms with E-state index < -0.39 is 0 Å². The second-order valence-electron chi connectivity index (χ2n) is 4.73. The summed E-state index contributed by atoms with van der Waals surface area (Å²) in [5.41, 5.74) is 1.14. The summed E-state index contributed by atoms with van der Waals surface area (Å²) < 4.78 is 0. The van der Waals surface area contributed by atoms with E-state index in [1.165, 1.54) is 0 Å². The Kier molecular flexibility index (Phi) is 6.99. The summed E-state index contributed by atoms with van der Waals surface area (Å²) in [4.78, 5) is 11.1. The van der Waals surface area contributed by atoms with E-state index in [1.807, 2.05) is 11.8 Å². The molecule has 0 aliphatic heterocycles. The zero-order valence-corrected chi connectivity index (χ0v) is 13.5. The summed E-state index contributed by atoms with van der Waals surface area (Å²) in [7, 11) is 2.13. The number of anilines is 2. The predicted molar refractivity (Wildman–Crippen MR) is 86.4 cm³/mol. The quantitative estimate of drug-likeness (QED) is 0.793. The molecule has 0 fully saturated rings. The van der Waals surface area contributed by atoms with Crippen LogP contribution in [-0.2, 0) is 0 Å². The highest BCUT2D eigenvalue weighted by Crippen LogP contribution is 2.24. The van der Waals surface area contributed by atoms with Gasteiger partial charge in [-0.1, -0.05) is 13.8 Å². The molecule has 0 saturated carbocycles. The molecule has 1 aromatic heterocycles. The van der Waals surface area contributed by atoms with Crippen molar-refractivity contribution in [2.45, 2.75) is 39.7 Å². The second-order valence-corrected chi connectivity index (χ2v) is 5.64. The zero-order valence-electron chi connectivity index (χ0n) is 12.7. The molecule has 1 unspecified atom stereocenters. The third kappa shape index (κ3) is 4.27. The minimum Gasteiger partial charge on any atom is -0.370 e. The molecule has 1 aromatic rings. The summed E-state index contributed by atoms with van der Waals surface area (Å²) in [5, 5.41) is 3.36. The van der Waals surface area contributed by atoms with Crippen LogP contribution in [0, 0.1) is 6.92 Å². The summed E-state index contributed by atoms with van der Waals surface area (Å²) in [6.45, 7) is 7.42. The van der Waals surface area contributed by atoms with E-state index in [0.29, 0.717) is 6.04 Å². The van der Waals surface area contributed by atoms with Gasteiger partial charge in [0.1, 0.15) is 18.0 Å². The van der Waals surface area contributed by atoms with E-state index in [-0.39, 0.29) is 0 Å². The van der Waals surface area contributed by atoms with Gasteiger partial charge in [-0.25, -0.2) is 9.97 Å². The Hall–Kier alpha value is -0.970. The van der Waals surface area contributed by atoms with Crippen LogP contribution in [0.4, 0.5) is 11.6 Å². The average molecular weight is 282 g/mol. The Morgan fingerprint density at radius 2 is 2.11 bits per heavy atom. The highest BCUT2D eigenvalue weighted by atomic mass is 32.2. The van der Waals surface area contributed by atoms with Gasteiger partial charge in [-0.05, 0) is 26.0 Å². The number of hydrogen-bond acceptors (Lipinski definition) is 5. The van der Waals surface area contributed by atoms with Crippen molar-refractivity contribution >= 4 is 23.4 Å². The molecule has 4 nitrogen and oxygen atoms in total. The second kappa shape index (κ2) is 8.25. The Balaban J connectivity index is 2.92. The van der Waals surface area contributed by atoms with E-state index in [1.54, 1.807) is 6.33 Å². The molecule has 108 valence electrons. The van der Waals surface area contributed by atoms with Gasteiger partial charge in [0, 0.05) is 31.0 Å². The molecule has 0 aliphatic rings. The van der Waals surface area contributed by atoms with Crippen molar-refractivity contribution in [2.75, 3.05) is 35.8 Å². The first-order chi connectivity index (χ1) is 9.15. The maximum Gasteiger partial charge on any atom is 0.137 e. The zero-order chi connectivity index (χ0) is 14.3. The van der Waals surface area contributed by atoms with Crippen molar-refractivity contribution in [3.8, 4) is 0 Å². The minimum atomic E-state index is 0.516. The fraction of sp³-hybridized carbons (Fsp3) is 0.714. The van der Waals surface area contributed by atoms with Crippen LogP contribution >= 0.6 is 11.8 Å². The molecular formula is C14H26N4S. The molecule has 0 saturated heterocycles. The number of hydrogen-bond donors (Lipinski definition) is 1. The molecule has 0 bridgehead atoms. The van der Waals surface area contributed by atoms with Gasteiger partial charge in [0.05, 0.1) is 0 Å². The SMILES string of the molecule is CCCNc1ncnc(N(C)C(CC)CSC)c1C. The number of thioether (sulfide) groups is 1. The van der Waals surface area contributed by atoms with Crippen molar-refractivity contribution in [3.63, 3.8) is 0 Å². The average Bonchev–Trinajstić information content (AvgIpc) is 2.43. The molecule has 19 heavy (non-hydrogen) atoms. The monoisotopic (exact) mass is 282 g/mol. The lowest BCUT2D eigenvalue weighted by molar-refractivity contribution is 0.663. The van der Waals surface area contributed by atoms with Gasteiger partial charge in [-0.15, -0.1) is 0 Å². The van der Waals surface area contributed by atoms with Gasteiger partial charge in [0.2, 0.25) is 0 Å². The largest absolute Gasteiger partial charge is 0.370 e. The third-order valence-electron chi connectivity index (χ3n) is 3.31. The smallest absolute Gasteiger partial charge is 0.137 e. The Morgan fingerprint density at radius 1 is 1.37 bits per heavy atom. The van der Waals surface area contributed by atoms with Gasteiger partial charge < -0.3 is 10.2 Å². The minimum absolute atomic E-state index is 0.516. The highest BCUT2D eigenvalue weighted by molar-refractivity contribution is 7.98. The number of nitrogens with zero attached hydrogens (tertiary/aromatic N) is 3. The van der Waals surface area contributed by atoms with Crippen molar-refractivity contribution in [1.29, 1.82) is 0 Å². The van der Waals surface area contributed by atoms with Crippen LogP contribution < -0.4 is 10.2 Å². The topological polar surface area (TPSA) is 41.1 Å². The van der Waals surface area contributed by atoms with Crippen LogP contribution in [0.3, 0.4) is 0 Å². The van der Waals surface area contributed by atoms with Crippen LogP contribution in [-0.4, -0.2) is 41.6 Å². The van der Waals surface area contributed by atoms with Crippen molar-refractivity contribution in [2.24, 2.45) is 0 Å². The van der Waals surface area contributed by atoms with Crippen LogP contribution in [0.25, 0.3) is 0 Å². The van der Waals surface area contributed by atoms with E-state index in [9.17, 15) is 0 Å². The molecule has 1 rings (SSSR count). The maximum absolute atomic E-state index is 4.46. The van der Waals surface area contributed by atoms with Gasteiger partial charge in [0.25, 0.3) is 0 Å². The first-order valence-electron chi connectivity index (χ1n) is 6.92. The van der Waals surface area contributed by atoms with E-state index >= 15 is 0 Å². The van der Waals surface area contributed by atoms with Gasteiger partial charge >= 0.3 is 0 Å². The van der Waals surface area contributed by atoms with E-state index in [0.717, 1.165) is 42.3 Å².